The number of aromatic carboxylic acids is 1. The van der Waals surface area contributed by atoms with Crippen LogP contribution in [-0.2, 0) is 0 Å². The van der Waals surface area contributed by atoms with Gasteiger partial charge in [-0.1, -0.05) is 61.6 Å². The lowest BCUT2D eigenvalue weighted by Crippen LogP contribution is -2.41. The van der Waals surface area contributed by atoms with Crippen molar-refractivity contribution >= 4 is 19.2 Å². The van der Waals surface area contributed by atoms with Gasteiger partial charge in [-0.05, 0) is 61.2 Å². The van der Waals surface area contributed by atoms with Crippen molar-refractivity contribution in [1.82, 2.24) is 4.90 Å². The molecule has 3 nitrogen and oxygen atoms in total. The zero-order valence-corrected chi connectivity index (χ0v) is 19.3. The number of piperidine rings is 1. The van der Waals surface area contributed by atoms with Crippen molar-refractivity contribution in [2.75, 3.05) is 19.6 Å². The third kappa shape index (κ3) is 3.57. The summed E-state index contributed by atoms with van der Waals surface area (Å²) in [5.74, 6) is 0.720. The molecule has 4 heteroatoms. The van der Waals surface area contributed by atoms with Crippen molar-refractivity contribution in [3.63, 3.8) is 0 Å². The summed E-state index contributed by atoms with van der Waals surface area (Å²) in [6.45, 7) is 15.3. The van der Waals surface area contributed by atoms with Crippen LogP contribution in [0, 0.1) is 12.8 Å². The van der Waals surface area contributed by atoms with E-state index in [2.05, 4.69) is 50.5 Å². The lowest BCUT2D eigenvalue weighted by Gasteiger charge is -2.37. The standard InChI is InChI=1S/C25H33NO2Si/c1-6-26-12-11-19-22(15-26)20-14-23(29(3,4)5)16(2)13-21(20)24(19)17-7-9-18(10-8-17)25(27)28/h7-10,13-14,19,22,24H,6,11-12,15H2,1-5H3,(H,27,28)/t19-,22+,24+/m1/s1. The second kappa shape index (κ2) is 7.40. The maximum atomic E-state index is 11.3. The Morgan fingerprint density at radius 3 is 2.41 bits per heavy atom. The number of benzene rings is 2. The average molecular weight is 408 g/mol. The van der Waals surface area contributed by atoms with Crippen molar-refractivity contribution in [2.24, 2.45) is 5.92 Å². The van der Waals surface area contributed by atoms with E-state index in [-0.39, 0.29) is 0 Å². The molecular weight excluding hydrogens is 374 g/mol. The van der Waals surface area contributed by atoms with E-state index >= 15 is 0 Å². The zero-order valence-electron chi connectivity index (χ0n) is 18.3. The predicted molar refractivity (Wildman–Crippen MR) is 122 cm³/mol. The van der Waals surface area contributed by atoms with Gasteiger partial charge in [0.05, 0.1) is 13.6 Å². The van der Waals surface area contributed by atoms with Crippen molar-refractivity contribution in [2.45, 2.75) is 51.7 Å². The van der Waals surface area contributed by atoms with E-state index in [9.17, 15) is 9.90 Å². The van der Waals surface area contributed by atoms with Crippen molar-refractivity contribution in [1.29, 1.82) is 0 Å². The summed E-state index contributed by atoms with van der Waals surface area (Å²) < 4.78 is 0. The highest BCUT2D eigenvalue weighted by Crippen LogP contribution is 2.53. The molecule has 1 aliphatic heterocycles. The molecule has 1 fully saturated rings. The van der Waals surface area contributed by atoms with Gasteiger partial charge < -0.3 is 10.0 Å². The molecule has 2 aliphatic rings. The molecule has 3 atom stereocenters. The van der Waals surface area contributed by atoms with Gasteiger partial charge in [0.2, 0.25) is 0 Å². The summed E-state index contributed by atoms with van der Waals surface area (Å²) >= 11 is 0. The summed E-state index contributed by atoms with van der Waals surface area (Å²) in [7, 11) is -1.40. The number of likely N-dealkylation sites (N-methyl/N-ethyl adjacent to an activating group) is 1. The molecule has 154 valence electrons. The number of aryl methyl sites for hydroxylation is 1. The maximum absolute atomic E-state index is 11.3. The van der Waals surface area contributed by atoms with E-state index in [1.54, 1.807) is 22.9 Å². The predicted octanol–water partition coefficient (Wildman–Crippen LogP) is 4.81. The van der Waals surface area contributed by atoms with Crippen molar-refractivity contribution in [3.8, 4) is 0 Å². The number of hydrogen-bond donors (Lipinski definition) is 1. The van der Waals surface area contributed by atoms with Crippen LogP contribution in [0.2, 0.25) is 19.6 Å². The Kier molecular flexibility index (Phi) is 5.20. The van der Waals surface area contributed by atoms with E-state index in [4.69, 9.17) is 0 Å². The fraction of sp³-hybridized carbons (Fsp3) is 0.480. The fourth-order valence-corrected chi connectivity index (χ4v) is 7.53. The first-order chi connectivity index (χ1) is 13.7. The third-order valence-electron chi connectivity index (χ3n) is 7.12. The summed E-state index contributed by atoms with van der Waals surface area (Å²) in [6.07, 6.45) is 1.21. The lowest BCUT2D eigenvalue weighted by atomic mass is 9.78. The number of nitrogens with zero attached hydrogens (tertiary/aromatic N) is 1. The number of carbonyl (C=O) groups is 1. The van der Waals surface area contributed by atoms with E-state index in [0.29, 0.717) is 23.3 Å². The molecule has 2 aromatic rings. The van der Waals surface area contributed by atoms with Gasteiger partial charge in [0.25, 0.3) is 0 Å². The van der Waals surface area contributed by atoms with E-state index < -0.39 is 14.0 Å². The number of hydrogen-bond acceptors (Lipinski definition) is 2. The van der Waals surface area contributed by atoms with Crippen LogP contribution in [-0.4, -0.2) is 43.7 Å². The van der Waals surface area contributed by atoms with E-state index in [1.807, 2.05) is 12.1 Å². The van der Waals surface area contributed by atoms with Gasteiger partial charge in [0.1, 0.15) is 0 Å². The second-order valence-corrected chi connectivity index (χ2v) is 14.9. The highest BCUT2D eigenvalue weighted by Gasteiger charge is 2.44. The van der Waals surface area contributed by atoms with Crippen LogP contribution in [0.4, 0.5) is 0 Å². The topological polar surface area (TPSA) is 40.5 Å². The van der Waals surface area contributed by atoms with Crippen LogP contribution in [0.1, 0.15) is 57.8 Å². The van der Waals surface area contributed by atoms with Gasteiger partial charge in [-0.15, -0.1) is 0 Å². The van der Waals surface area contributed by atoms with Crippen LogP contribution in [0.15, 0.2) is 36.4 Å². The molecule has 1 heterocycles. The van der Waals surface area contributed by atoms with Gasteiger partial charge in [-0.25, -0.2) is 4.79 Å². The quantitative estimate of drug-likeness (QED) is 0.740. The minimum atomic E-state index is -1.40. The Balaban J connectivity index is 1.83. The number of fused-ring (bicyclic) bond motifs is 3. The molecule has 1 saturated heterocycles. The summed E-state index contributed by atoms with van der Waals surface area (Å²) in [6, 6.07) is 12.7. The van der Waals surface area contributed by atoms with E-state index in [0.717, 1.165) is 19.6 Å². The van der Waals surface area contributed by atoms with Gasteiger partial charge in [0.15, 0.2) is 0 Å². The van der Waals surface area contributed by atoms with Crippen LogP contribution in [0.3, 0.4) is 0 Å². The van der Waals surface area contributed by atoms with Crippen LogP contribution in [0.25, 0.3) is 0 Å². The Hall–Kier alpha value is -1.91. The average Bonchev–Trinajstić information content (AvgIpc) is 2.98. The number of rotatable bonds is 4. The molecule has 1 aliphatic carbocycles. The first kappa shape index (κ1) is 20.4. The Morgan fingerprint density at radius 1 is 1.14 bits per heavy atom. The van der Waals surface area contributed by atoms with Crippen LogP contribution >= 0.6 is 0 Å². The largest absolute Gasteiger partial charge is 0.478 e. The zero-order chi connectivity index (χ0) is 20.9. The van der Waals surface area contributed by atoms with Crippen LogP contribution in [0.5, 0.6) is 0 Å². The van der Waals surface area contributed by atoms with Crippen molar-refractivity contribution in [3.05, 3.63) is 64.2 Å². The SMILES string of the molecule is CCN1CC[C@H]2[C@H](c3ccc(C(=O)O)cc3)c3cc(C)c([Si](C)(C)C)cc3[C@H]2C1. The molecule has 1 N–H and O–H groups in total. The first-order valence-electron chi connectivity index (χ1n) is 10.9. The molecule has 0 bridgehead atoms. The molecule has 0 unspecified atom stereocenters. The highest BCUT2D eigenvalue weighted by molar-refractivity contribution is 6.89. The summed E-state index contributed by atoms with van der Waals surface area (Å²) in [5.41, 5.74) is 6.12. The Labute approximate surface area is 175 Å². The Morgan fingerprint density at radius 2 is 1.83 bits per heavy atom. The van der Waals surface area contributed by atoms with Gasteiger partial charge in [0, 0.05) is 18.4 Å². The summed E-state index contributed by atoms with van der Waals surface area (Å²) in [5, 5.41) is 10.9. The number of carboxylic acids is 1. The highest BCUT2D eigenvalue weighted by atomic mass is 28.3. The molecule has 29 heavy (non-hydrogen) atoms. The summed E-state index contributed by atoms with van der Waals surface area (Å²) in [4.78, 5) is 13.9. The molecule has 0 aromatic heterocycles. The lowest BCUT2D eigenvalue weighted by molar-refractivity contribution is 0.0697. The molecule has 4 rings (SSSR count). The first-order valence-corrected chi connectivity index (χ1v) is 14.4. The molecule has 2 aromatic carbocycles. The number of likely N-dealkylation sites (tertiary alicyclic amines) is 1. The molecule has 0 amide bonds. The number of carboxylic acid groups (broad SMARTS) is 1. The van der Waals surface area contributed by atoms with Gasteiger partial charge in [-0.2, -0.15) is 0 Å². The van der Waals surface area contributed by atoms with Gasteiger partial charge >= 0.3 is 5.97 Å². The molecule has 0 radical (unpaired) electrons. The monoisotopic (exact) mass is 407 g/mol. The normalized spacial score (nSPS) is 24.2. The second-order valence-electron chi connectivity index (χ2n) is 9.90. The fourth-order valence-electron chi connectivity index (χ4n) is 5.69. The molecule has 0 spiro atoms. The smallest absolute Gasteiger partial charge is 0.335 e. The van der Waals surface area contributed by atoms with Crippen LogP contribution < -0.4 is 5.19 Å². The molecule has 0 saturated carbocycles. The van der Waals surface area contributed by atoms with Gasteiger partial charge in [-0.3, -0.25) is 0 Å². The minimum absolute atomic E-state index is 0.370. The Bertz CT molecular complexity index is 929. The maximum Gasteiger partial charge on any atom is 0.335 e. The third-order valence-corrected chi connectivity index (χ3v) is 9.27. The van der Waals surface area contributed by atoms with E-state index in [1.165, 1.54) is 23.1 Å². The molecular formula is C25H33NO2Si. The minimum Gasteiger partial charge on any atom is -0.478 e. The van der Waals surface area contributed by atoms with Crippen molar-refractivity contribution < 1.29 is 9.90 Å².